The molecule has 15 heavy (non-hydrogen) atoms. The summed E-state index contributed by atoms with van der Waals surface area (Å²) in [5, 5.41) is 6.03. The minimum Gasteiger partial charge on any atom is -0.322 e. The number of amidine groups is 1. The van der Waals surface area contributed by atoms with Gasteiger partial charge in [0.15, 0.2) is 5.84 Å². The van der Waals surface area contributed by atoms with Gasteiger partial charge in [0.25, 0.3) is 5.92 Å². The smallest absolute Gasteiger partial charge is 0.322 e. The number of hydrogen-bond donors (Lipinski definition) is 1. The number of halogens is 4. The Morgan fingerprint density at radius 1 is 1.33 bits per heavy atom. The quantitative estimate of drug-likeness (QED) is 0.243. The summed E-state index contributed by atoms with van der Waals surface area (Å²) in [4.78, 5) is 0. The molecule has 0 atom stereocenters. The molecule has 1 aliphatic heterocycles. The molecule has 0 aromatic heterocycles. The monoisotopic (exact) mass is 226 g/mol. The zero-order chi connectivity index (χ0) is 11.7. The highest BCUT2D eigenvalue weighted by Crippen LogP contribution is 2.39. The third-order valence-corrected chi connectivity index (χ3v) is 2.03. The second kappa shape index (κ2) is 3.67. The van der Waals surface area contributed by atoms with Gasteiger partial charge in [-0.3, -0.25) is 0 Å². The van der Waals surface area contributed by atoms with E-state index in [4.69, 9.17) is 5.84 Å². The van der Waals surface area contributed by atoms with Crippen LogP contribution in [0.25, 0.3) is 0 Å². The molecule has 0 radical (unpaired) electrons. The first-order valence-corrected chi connectivity index (χ1v) is 4.12. The first-order chi connectivity index (χ1) is 6.82. The average Bonchev–Trinajstić information content (AvgIpc) is 2.17. The third kappa shape index (κ3) is 2.37. The van der Waals surface area contributed by atoms with E-state index in [-0.39, 0.29) is 11.4 Å². The van der Waals surface area contributed by atoms with Gasteiger partial charge in [-0.2, -0.15) is 24.0 Å². The van der Waals surface area contributed by atoms with Crippen molar-refractivity contribution in [3.8, 4) is 0 Å². The van der Waals surface area contributed by atoms with Crippen LogP contribution in [0.5, 0.6) is 0 Å². The summed E-state index contributed by atoms with van der Waals surface area (Å²) in [7, 11) is 0. The van der Waals surface area contributed by atoms with Gasteiger partial charge in [-0.15, -0.1) is 0 Å². The molecule has 0 amide bonds. The van der Waals surface area contributed by atoms with E-state index in [0.717, 1.165) is 0 Å². The van der Waals surface area contributed by atoms with Gasteiger partial charge in [0.2, 0.25) is 0 Å². The van der Waals surface area contributed by atoms with Gasteiger partial charge >= 0.3 is 6.05 Å². The zero-order valence-corrected chi connectivity index (χ0v) is 7.76. The van der Waals surface area contributed by atoms with Gasteiger partial charge in [0, 0.05) is 19.6 Å². The van der Waals surface area contributed by atoms with Crippen LogP contribution in [0.15, 0.2) is 10.2 Å². The molecule has 1 aliphatic rings. The molecule has 1 fully saturated rings. The van der Waals surface area contributed by atoms with E-state index < -0.39 is 30.6 Å². The Kier molecular flexibility index (Phi) is 2.87. The van der Waals surface area contributed by atoms with Crippen molar-refractivity contribution >= 4 is 12.6 Å². The maximum absolute atomic E-state index is 13.2. The second-order valence-corrected chi connectivity index (χ2v) is 3.20. The molecule has 1 rings (SSSR count). The molecule has 0 aromatic carbocycles. The number of alkyl halides is 4. The van der Waals surface area contributed by atoms with Crippen LogP contribution >= 0.6 is 0 Å². The summed E-state index contributed by atoms with van der Waals surface area (Å²) < 4.78 is 52.3. The summed E-state index contributed by atoms with van der Waals surface area (Å²) in [5.41, 5.74) is 0. The summed E-state index contributed by atoms with van der Waals surface area (Å²) in [5.74, 6) is 0.973. The minimum absolute atomic E-state index is 0.0495. The maximum atomic E-state index is 13.2. The molecule has 1 heterocycles. The highest BCUT2D eigenvalue weighted by atomic mass is 19.3. The third-order valence-electron chi connectivity index (χ3n) is 2.03. The minimum atomic E-state index is -3.82. The Balaban J connectivity index is 3.07. The Morgan fingerprint density at radius 3 is 2.40 bits per heavy atom. The molecule has 8 heteroatoms. The largest absolute Gasteiger partial charge is 0.350 e. The van der Waals surface area contributed by atoms with Crippen molar-refractivity contribution in [3.63, 3.8) is 0 Å². The van der Waals surface area contributed by atoms with Crippen LogP contribution in [0, 0.1) is 0 Å². The number of hydrazone groups is 2. The lowest BCUT2D eigenvalue weighted by Crippen LogP contribution is -2.42. The van der Waals surface area contributed by atoms with Gasteiger partial charge in [-0.1, -0.05) is 0 Å². The molecule has 0 bridgehead atoms. The Bertz CT molecular complexity index is 289. The topological polar surface area (TPSA) is 54.0 Å². The zero-order valence-electron chi connectivity index (χ0n) is 7.76. The Morgan fingerprint density at radius 2 is 1.93 bits per heavy atom. The van der Waals surface area contributed by atoms with E-state index in [9.17, 15) is 17.6 Å². The second-order valence-electron chi connectivity index (χ2n) is 3.20. The summed E-state index contributed by atoms with van der Waals surface area (Å²) in [6.07, 6.45) is -2.71. The predicted molar refractivity (Wildman–Crippen MR) is 46.8 cm³/mol. The molecule has 0 spiro atoms. The fraction of sp³-hybridized carbons (Fsp3) is 0.714. The molecule has 0 saturated carbocycles. The molecule has 0 aliphatic carbocycles. The lowest BCUT2D eigenvalue weighted by Gasteiger charge is -2.26. The van der Waals surface area contributed by atoms with Crippen molar-refractivity contribution in [2.45, 2.75) is 31.2 Å². The maximum Gasteiger partial charge on any atom is 0.350 e. The highest BCUT2D eigenvalue weighted by Gasteiger charge is 2.51. The molecule has 86 valence electrons. The molecule has 0 unspecified atom stereocenters. The fourth-order valence-corrected chi connectivity index (χ4v) is 1.37. The van der Waals surface area contributed by atoms with Crippen LogP contribution in [0.1, 0.15) is 19.3 Å². The Labute approximate surface area is 83.4 Å². The average molecular weight is 226 g/mol. The van der Waals surface area contributed by atoms with Crippen LogP contribution in [0.2, 0.25) is 0 Å². The molecule has 4 nitrogen and oxygen atoms in total. The van der Waals surface area contributed by atoms with E-state index in [1.165, 1.54) is 0 Å². The van der Waals surface area contributed by atoms with E-state index in [2.05, 4.69) is 16.9 Å². The van der Waals surface area contributed by atoms with E-state index in [0.29, 0.717) is 0 Å². The first-order valence-electron chi connectivity index (χ1n) is 4.12. The van der Waals surface area contributed by atoms with Crippen molar-refractivity contribution in [1.82, 2.24) is 5.01 Å². The summed E-state index contributed by atoms with van der Waals surface area (Å²) in [6.45, 7) is 2.88. The van der Waals surface area contributed by atoms with Gasteiger partial charge in [-0.05, 0) is 0 Å². The lowest BCUT2D eigenvalue weighted by molar-refractivity contribution is -0.166. The molecule has 2 N–H and O–H groups in total. The SMILES string of the molecule is C=NN1/C(=N\N)CCC(F)(F)CC1(F)F. The molecular formula is C7H10F4N4. The van der Waals surface area contributed by atoms with Crippen LogP contribution in [0.4, 0.5) is 17.6 Å². The fourth-order valence-electron chi connectivity index (χ4n) is 1.37. The van der Waals surface area contributed by atoms with Crippen molar-refractivity contribution in [2.75, 3.05) is 0 Å². The summed E-state index contributed by atoms with van der Waals surface area (Å²) >= 11 is 0. The van der Waals surface area contributed by atoms with Crippen LogP contribution < -0.4 is 5.84 Å². The Hall–Kier alpha value is -1.34. The number of nitrogens with zero attached hydrogens (tertiary/aromatic N) is 3. The number of rotatable bonds is 1. The molecule has 0 aromatic rings. The molecular weight excluding hydrogens is 216 g/mol. The van der Waals surface area contributed by atoms with Crippen molar-refractivity contribution in [3.05, 3.63) is 0 Å². The van der Waals surface area contributed by atoms with E-state index in [1.807, 2.05) is 0 Å². The lowest BCUT2D eigenvalue weighted by atomic mass is 10.1. The number of nitrogens with two attached hydrogens (primary N) is 1. The van der Waals surface area contributed by atoms with Crippen molar-refractivity contribution < 1.29 is 17.6 Å². The van der Waals surface area contributed by atoms with E-state index >= 15 is 0 Å². The van der Waals surface area contributed by atoms with Crippen LogP contribution in [-0.4, -0.2) is 29.5 Å². The van der Waals surface area contributed by atoms with Crippen LogP contribution in [-0.2, 0) is 0 Å². The van der Waals surface area contributed by atoms with Crippen molar-refractivity contribution in [2.24, 2.45) is 16.0 Å². The predicted octanol–water partition coefficient (Wildman–Crippen LogP) is 1.59. The van der Waals surface area contributed by atoms with Gasteiger partial charge in [0.1, 0.15) is 0 Å². The van der Waals surface area contributed by atoms with Crippen LogP contribution in [0.3, 0.4) is 0 Å². The van der Waals surface area contributed by atoms with E-state index in [1.54, 1.807) is 0 Å². The van der Waals surface area contributed by atoms with Gasteiger partial charge in [0.05, 0.1) is 6.42 Å². The van der Waals surface area contributed by atoms with Crippen molar-refractivity contribution in [1.29, 1.82) is 0 Å². The molecule has 1 saturated heterocycles. The standard InChI is InChI=1S/C7H10F4N4/c1-13-15-5(14-12)2-3-6(8,9)4-7(15,10)11/h1-4,12H2/b14-5-. The highest BCUT2D eigenvalue weighted by molar-refractivity contribution is 5.82. The number of hydrogen-bond acceptors (Lipinski definition) is 3. The van der Waals surface area contributed by atoms with Gasteiger partial charge in [-0.25, -0.2) is 8.78 Å². The first kappa shape index (κ1) is 11.7. The normalized spacial score (nSPS) is 27.5. The van der Waals surface area contributed by atoms with Gasteiger partial charge < -0.3 is 5.84 Å². The summed E-state index contributed by atoms with van der Waals surface area (Å²) in [6, 6.07) is -3.82.